The molecule has 2 aromatic carbocycles. The number of benzene rings is 2. The van der Waals surface area contributed by atoms with Crippen molar-refractivity contribution in [3.63, 3.8) is 0 Å². The fraction of sp³-hybridized carbons (Fsp3) is 0.318. The maximum atomic E-state index is 12.7. The molecule has 0 radical (unpaired) electrons. The predicted molar refractivity (Wildman–Crippen MR) is 122 cm³/mol. The maximum Gasteiger partial charge on any atom is 0.257 e. The van der Waals surface area contributed by atoms with Gasteiger partial charge in [0.15, 0.2) is 5.11 Å². The number of carbonyl (C=O) groups excluding carboxylic acids is 1. The molecule has 0 fully saturated rings. The Bertz CT molecular complexity index is 881. The molecule has 0 saturated heterocycles. The van der Waals surface area contributed by atoms with Crippen LogP contribution < -0.4 is 10.1 Å². The third-order valence-electron chi connectivity index (χ3n) is 3.98. The average Bonchev–Trinajstić information content (AvgIpc) is 2.70. The summed E-state index contributed by atoms with van der Waals surface area (Å²) in [7, 11) is 0. The number of amides is 1. The van der Waals surface area contributed by atoms with E-state index in [0.29, 0.717) is 52.9 Å². The van der Waals surface area contributed by atoms with E-state index in [1.54, 1.807) is 18.2 Å². The minimum atomic E-state index is -0.305. The highest BCUT2D eigenvalue weighted by Crippen LogP contribution is 2.26. The van der Waals surface area contributed by atoms with E-state index in [-0.39, 0.29) is 5.91 Å². The van der Waals surface area contributed by atoms with E-state index in [2.05, 4.69) is 41.2 Å². The quantitative estimate of drug-likeness (QED) is 0.551. The molecule has 0 aliphatic rings. The molecule has 0 aliphatic heterocycles. The molecule has 1 amide bonds. The summed E-state index contributed by atoms with van der Waals surface area (Å²) >= 11 is 8.90. The van der Waals surface area contributed by atoms with E-state index in [9.17, 15) is 4.79 Å². The number of hydrogen-bond acceptors (Lipinski definition) is 4. The second-order valence-electron chi connectivity index (χ2n) is 6.92. The van der Waals surface area contributed by atoms with Gasteiger partial charge in [0.1, 0.15) is 5.75 Å². The number of nitriles is 1. The number of halogens is 1. The molecule has 152 valence electrons. The zero-order valence-corrected chi connectivity index (χ0v) is 18.9. The highest BCUT2D eigenvalue weighted by atomic mass is 79.9. The molecule has 0 aromatic heterocycles. The fourth-order valence-corrected chi connectivity index (χ4v) is 3.25. The van der Waals surface area contributed by atoms with E-state index >= 15 is 0 Å². The summed E-state index contributed by atoms with van der Waals surface area (Å²) in [5.41, 5.74) is 1.52. The van der Waals surface area contributed by atoms with E-state index in [1.807, 2.05) is 35.2 Å². The van der Waals surface area contributed by atoms with Crippen LogP contribution in [-0.4, -0.2) is 29.1 Å². The van der Waals surface area contributed by atoms with Crippen LogP contribution in [0.4, 0.5) is 0 Å². The summed E-state index contributed by atoms with van der Waals surface area (Å²) in [5, 5.41) is 12.0. The predicted octanol–water partition coefficient (Wildman–Crippen LogP) is 4.91. The van der Waals surface area contributed by atoms with Crippen LogP contribution in [0.1, 0.15) is 36.2 Å². The molecular formula is C22H24BrN3O2S. The molecule has 2 rings (SSSR count). The lowest BCUT2D eigenvalue weighted by molar-refractivity contribution is 0.0973. The van der Waals surface area contributed by atoms with Gasteiger partial charge in [-0.3, -0.25) is 10.1 Å². The topological polar surface area (TPSA) is 65.4 Å². The molecule has 0 aliphatic carbocycles. The summed E-state index contributed by atoms with van der Waals surface area (Å²) in [5.74, 6) is 0.796. The lowest BCUT2D eigenvalue weighted by atomic mass is 10.2. The first kappa shape index (κ1) is 22.9. The molecule has 0 heterocycles. The Morgan fingerprint density at radius 2 is 2.00 bits per heavy atom. The molecule has 1 N–H and O–H groups in total. The number of thiocarbonyl (C=S) groups is 1. The van der Waals surface area contributed by atoms with Crippen LogP contribution in [0.25, 0.3) is 0 Å². The Kier molecular flexibility index (Phi) is 9.10. The second kappa shape index (κ2) is 11.5. The van der Waals surface area contributed by atoms with Crippen molar-refractivity contribution in [2.24, 2.45) is 5.92 Å². The largest absolute Gasteiger partial charge is 0.492 e. The standard InChI is InChI=1S/C22H24BrN3O2S/c1-16(2)15-28-20-10-9-18(13-19(20)23)21(27)25-22(29)26(12-6-11-24)14-17-7-4-3-5-8-17/h3-5,7-10,13,16H,6,12,14-15H2,1-2H3,(H,25,27,29). The van der Waals surface area contributed by atoms with Gasteiger partial charge in [-0.2, -0.15) is 5.26 Å². The van der Waals surface area contributed by atoms with Gasteiger partial charge in [-0.1, -0.05) is 44.2 Å². The van der Waals surface area contributed by atoms with Crippen molar-refractivity contribution in [1.82, 2.24) is 10.2 Å². The summed E-state index contributed by atoms with van der Waals surface area (Å²) in [4.78, 5) is 14.5. The molecule has 0 spiro atoms. The minimum Gasteiger partial charge on any atom is -0.492 e. The van der Waals surface area contributed by atoms with Crippen molar-refractivity contribution >= 4 is 39.2 Å². The molecule has 7 heteroatoms. The van der Waals surface area contributed by atoms with Crippen LogP contribution in [0.3, 0.4) is 0 Å². The fourth-order valence-electron chi connectivity index (χ4n) is 2.51. The Morgan fingerprint density at radius 1 is 1.28 bits per heavy atom. The molecule has 0 unspecified atom stereocenters. The second-order valence-corrected chi connectivity index (χ2v) is 8.17. The molecule has 2 aromatic rings. The zero-order chi connectivity index (χ0) is 21.2. The van der Waals surface area contributed by atoms with Crippen LogP contribution >= 0.6 is 28.1 Å². The minimum absolute atomic E-state index is 0.297. The van der Waals surface area contributed by atoms with Gasteiger partial charge >= 0.3 is 0 Å². The van der Waals surface area contributed by atoms with E-state index in [0.717, 1.165) is 5.56 Å². The lowest BCUT2D eigenvalue weighted by Gasteiger charge is -2.24. The van der Waals surface area contributed by atoms with Gasteiger partial charge in [-0.15, -0.1) is 0 Å². The van der Waals surface area contributed by atoms with Crippen LogP contribution in [0.15, 0.2) is 53.0 Å². The summed E-state index contributed by atoms with van der Waals surface area (Å²) in [6.45, 7) is 5.71. The van der Waals surface area contributed by atoms with Gasteiger partial charge in [0.2, 0.25) is 0 Å². The number of rotatable bonds is 8. The SMILES string of the molecule is CC(C)COc1ccc(C(=O)NC(=S)N(CCC#N)Cc2ccccc2)cc1Br. The number of nitrogens with zero attached hydrogens (tertiary/aromatic N) is 2. The van der Waals surface area contributed by atoms with Crippen molar-refractivity contribution in [2.45, 2.75) is 26.8 Å². The highest BCUT2D eigenvalue weighted by molar-refractivity contribution is 9.10. The molecule has 5 nitrogen and oxygen atoms in total. The van der Waals surface area contributed by atoms with Gasteiger partial charge < -0.3 is 9.64 Å². The van der Waals surface area contributed by atoms with Gasteiger partial charge in [-0.05, 0) is 57.8 Å². The normalized spacial score (nSPS) is 10.3. The average molecular weight is 474 g/mol. The maximum absolute atomic E-state index is 12.7. The van der Waals surface area contributed by atoms with Crippen molar-refractivity contribution < 1.29 is 9.53 Å². The lowest BCUT2D eigenvalue weighted by Crippen LogP contribution is -2.42. The van der Waals surface area contributed by atoms with Crippen LogP contribution in [0, 0.1) is 17.2 Å². The van der Waals surface area contributed by atoms with Crippen molar-refractivity contribution in [3.05, 3.63) is 64.1 Å². The van der Waals surface area contributed by atoms with Gasteiger partial charge in [0.05, 0.1) is 23.6 Å². The van der Waals surface area contributed by atoms with Gasteiger partial charge in [0, 0.05) is 18.7 Å². The first-order chi connectivity index (χ1) is 13.9. The Hall–Kier alpha value is -2.43. The van der Waals surface area contributed by atoms with Crippen molar-refractivity contribution in [2.75, 3.05) is 13.2 Å². The number of ether oxygens (including phenoxy) is 1. The first-order valence-corrected chi connectivity index (χ1v) is 10.5. The zero-order valence-electron chi connectivity index (χ0n) is 16.5. The van der Waals surface area contributed by atoms with Gasteiger partial charge in [0.25, 0.3) is 5.91 Å². The molecule has 0 saturated carbocycles. The monoisotopic (exact) mass is 473 g/mol. The molecule has 29 heavy (non-hydrogen) atoms. The number of hydrogen-bond donors (Lipinski definition) is 1. The van der Waals surface area contributed by atoms with E-state index in [1.165, 1.54) is 0 Å². The third-order valence-corrected chi connectivity index (χ3v) is 4.96. The number of carbonyl (C=O) groups is 1. The van der Waals surface area contributed by atoms with Crippen LogP contribution in [0.5, 0.6) is 5.75 Å². The third kappa shape index (κ3) is 7.48. The van der Waals surface area contributed by atoms with Gasteiger partial charge in [-0.25, -0.2) is 0 Å². The molecule has 0 atom stereocenters. The van der Waals surface area contributed by atoms with E-state index < -0.39 is 0 Å². The Labute approximate surface area is 185 Å². The summed E-state index contributed by atoms with van der Waals surface area (Å²) < 4.78 is 6.43. The molecular weight excluding hydrogens is 450 g/mol. The Balaban J connectivity index is 2.05. The van der Waals surface area contributed by atoms with Crippen LogP contribution in [0.2, 0.25) is 0 Å². The van der Waals surface area contributed by atoms with E-state index in [4.69, 9.17) is 22.2 Å². The van der Waals surface area contributed by atoms with Crippen molar-refractivity contribution in [1.29, 1.82) is 5.26 Å². The Morgan fingerprint density at radius 3 is 2.62 bits per heavy atom. The molecule has 0 bridgehead atoms. The summed E-state index contributed by atoms with van der Waals surface area (Å²) in [6, 6.07) is 17.1. The highest BCUT2D eigenvalue weighted by Gasteiger charge is 2.16. The summed E-state index contributed by atoms with van der Waals surface area (Å²) in [6.07, 6.45) is 0.316. The smallest absolute Gasteiger partial charge is 0.257 e. The van der Waals surface area contributed by atoms with Crippen molar-refractivity contribution in [3.8, 4) is 11.8 Å². The first-order valence-electron chi connectivity index (χ1n) is 9.34. The van der Waals surface area contributed by atoms with Crippen LogP contribution in [-0.2, 0) is 6.54 Å². The number of nitrogens with one attached hydrogen (secondary N) is 1.